The van der Waals surface area contributed by atoms with Gasteiger partial charge in [0.25, 0.3) is 0 Å². The number of benzene rings is 1. The minimum Gasteiger partial charge on any atom is -0.392 e. The summed E-state index contributed by atoms with van der Waals surface area (Å²) in [5.41, 5.74) is 1.93. The summed E-state index contributed by atoms with van der Waals surface area (Å²) in [7, 11) is 0. The van der Waals surface area contributed by atoms with Gasteiger partial charge in [0.2, 0.25) is 5.91 Å². The number of aliphatic hydroxyl groups is 1. The molecule has 2 N–H and O–H groups in total. The maximum atomic E-state index is 12.3. The Kier molecular flexibility index (Phi) is 4.71. The van der Waals surface area contributed by atoms with Crippen LogP contribution in [-0.4, -0.2) is 26.9 Å². The highest BCUT2D eigenvalue weighted by atomic mass is 16.3. The first kappa shape index (κ1) is 16.7. The van der Waals surface area contributed by atoms with Crippen LogP contribution in [0, 0.1) is 11.8 Å². The van der Waals surface area contributed by atoms with Crippen molar-refractivity contribution in [1.82, 2.24) is 9.78 Å². The highest BCUT2D eigenvalue weighted by Crippen LogP contribution is 2.47. The van der Waals surface area contributed by atoms with Crippen molar-refractivity contribution in [2.24, 2.45) is 11.8 Å². The highest BCUT2D eigenvalue weighted by Gasteiger charge is 2.36. The van der Waals surface area contributed by atoms with E-state index in [-0.39, 0.29) is 18.2 Å². The molecule has 0 aliphatic heterocycles. The third-order valence-electron chi connectivity index (χ3n) is 4.65. The molecular formula is C19H25N3O2. The number of carbonyl (C=O) groups is 1. The number of rotatable bonds is 6. The molecule has 1 aromatic carbocycles. The van der Waals surface area contributed by atoms with Crippen LogP contribution in [0.1, 0.15) is 45.2 Å². The van der Waals surface area contributed by atoms with Crippen LogP contribution in [0.2, 0.25) is 0 Å². The topological polar surface area (TPSA) is 67.2 Å². The fourth-order valence-corrected chi connectivity index (χ4v) is 2.79. The molecule has 5 nitrogen and oxygen atoms in total. The third kappa shape index (κ3) is 3.67. The maximum absolute atomic E-state index is 12.3. The van der Waals surface area contributed by atoms with Crippen LogP contribution in [0.15, 0.2) is 36.4 Å². The molecule has 5 heteroatoms. The Balaban J connectivity index is 1.83. The fraction of sp³-hybridized carbons (Fsp3) is 0.474. The van der Waals surface area contributed by atoms with Crippen LogP contribution in [0.25, 0.3) is 5.69 Å². The molecular weight excluding hydrogens is 302 g/mol. The number of nitrogens with zero attached hydrogens (tertiary/aromatic N) is 2. The molecule has 1 aliphatic carbocycles. The Hall–Kier alpha value is -2.14. The summed E-state index contributed by atoms with van der Waals surface area (Å²) < 4.78 is 1.78. The molecule has 1 saturated carbocycles. The van der Waals surface area contributed by atoms with Crippen LogP contribution in [-0.2, 0) is 4.79 Å². The summed E-state index contributed by atoms with van der Waals surface area (Å²) >= 11 is 0. The molecule has 3 atom stereocenters. The fourth-order valence-electron chi connectivity index (χ4n) is 2.79. The molecule has 1 aromatic heterocycles. The summed E-state index contributed by atoms with van der Waals surface area (Å²) in [5.74, 6) is 1.65. The van der Waals surface area contributed by atoms with Gasteiger partial charge in [0.1, 0.15) is 5.82 Å². The quantitative estimate of drug-likeness (QED) is 0.855. The van der Waals surface area contributed by atoms with Gasteiger partial charge in [-0.2, -0.15) is 5.10 Å². The number of para-hydroxylation sites is 1. The molecule has 1 aliphatic rings. The lowest BCUT2D eigenvalue weighted by Crippen LogP contribution is -2.24. The normalized spacial score (nSPS) is 20.9. The van der Waals surface area contributed by atoms with Crippen molar-refractivity contribution in [1.29, 1.82) is 0 Å². The summed E-state index contributed by atoms with van der Waals surface area (Å²) in [6.45, 7) is 6.01. The van der Waals surface area contributed by atoms with Crippen LogP contribution in [0.4, 0.5) is 5.82 Å². The SMILES string of the molecule is CC(C)C(O)CC(=O)Nc1cc(C2CC2C)nn1-c1ccccc1. The lowest BCUT2D eigenvalue weighted by molar-refractivity contribution is -0.118. The maximum Gasteiger partial charge on any atom is 0.228 e. The Morgan fingerprint density at radius 3 is 2.62 bits per heavy atom. The summed E-state index contributed by atoms with van der Waals surface area (Å²) in [6, 6.07) is 11.7. The molecule has 0 spiro atoms. The first-order valence-corrected chi connectivity index (χ1v) is 8.59. The first-order chi connectivity index (χ1) is 11.5. The third-order valence-corrected chi connectivity index (χ3v) is 4.65. The van der Waals surface area contributed by atoms with Gasteiger partial charge in [-0.25, -0.2) is 4.68 Å². The second kappa shape index (κ2) is 6.77. The Labute approximate surface area is 142 Å². The van der Waals surface area contributed by atoms with Crippen LogP contribution in [0.3, 0.4) is 0 Å². The van der Waals surface area contributed by atoms with E-state index < -0.39 is 6.10 Å². The van der Waals surface area contributed by atoms with E-state index >= 15 is 0 Å². The smallest absolute Gasteiger partial charge is 0.228 e. The van der Waals surface area contributed by atoms with Gasteiger partial charge in [0, 0.05) is 12.0 Å². The molecule has 3 rings (SSSR count). The average Bonchev–Trinajstić information content (AvgIpc) is 3.14. The van der Waals surface area contributed by atoms with Gasteiger partial charge in [-0.05, 0) is 30.4 Å². The minimum atomic E-state index is -0.638. The highest BCUT2D eigenvalue weighted by molar-refractivity contribution is 5.90. The van der Waals surface area contributed by atoms with E-state index in [2.05, 4.69) is 12.2 Å². The number of hydrogen-bond donors (Lipinski definition) is 2. The van der Waals surface area contributed by atoms with E-state index in [4.69, 9.17) is 5.10 Å². The predicted molar refractivity (Wildman–Crippen MR) is 94.2 cm³/mol. The van der Waals surface area contributed by atoms with E-state index in [0.717, 1.165) is 17.8 Å². The molecule has 0 radical (unpaired) electrons. The standard InChI is InChI=1S/C19H25N3O2/c1-12(2)17(23)11-19(24)20-18-10-16(15-9-13(15)3)21-22(18)14-7-5-4-6-8-14/h4-8,10,12-13,15,17,23H,9,11H2,1-3H3,(H,20,24). The number of nitrogens with one attached hydrogen (secondary N) is 1. The second-order valence-electron chi connectivity index (χ2n) is 7.08. The van der Waals surface area contributed by atoms with Crippen molar-refractivity contribution < 1.29 is 9.90 Å². The Morgan fingerprint density at radius 2 is 2.04 bits per heavy atom. The number of amides is 1. The molecule has 0 bridgehead atoms. The van der Waals surface area contributed by atoms with E-state index in [9.17, 15) is 9.90 Å². The second-order valence-corrected chi connectivity index (χ2v) is 7.08. The Morgan fingerprint density at radius 1 is 1.38 bits per heavy atom. The number of aliphatic hydroxyl groups excluding tert-OH is 1. The molecule has 3 unspecified atom stereocenters. The van der Waals surface area contributed by atoms with E-state index in [1.165, 1.54) is 0 Å². The number of hydrogen-bond acceptors (Lipinski definition) is 3. The molecule has 1 heterocycles. The van der Waals surface area contributed by atoms with Crippen molar-refractivity contribution in [3.8, 4) is 5.69 Å². The van der Waals surface area contributed by atoms with Crippen molar-refractivity contribution in [2.75, 3.05) is 5.32 Å². The van der Waals surface area contributed by atoms with Gasteiger partial charge >= 0.3 is 0 Å². The lowest BCUT2D eigenvalue weighted by atomic mass is 10.0. The van der Waals surface area contributed by atoms with Crippen molar-refractivity contribution in [3.05, 3.63) is 42.1 Å². The first-order valence-electron chi connectivity index (χ1n) is 8.59. The van der Waals surface area contributed by atoms with Gasteiger partial charge in [-0.1, -0.05) is 39.0 Å². The van der Waals surface area contributed by atoms with E-state index in [1.807, 2.05) is 50.2 Å². The van der Waals surface area contributed by atoms with E-state index in [0.29, 0.717) is 17.7 Å². The zero-order valence-corrected chi connectivity index (χ0v) is 14.4. The predicted octanol–water partition coefficient (Wildman–Crippen LogP) is 3.34. The molecule has 1 amide bonds. The average molecular weight is 327 g/mol. The van der Waals surface area contributed by atoms with Crippen LogP contribution in [0.5, 0.6) is 0 Å². The van der Waals surface area contributed by atoms with Gasteiger partial charge in [0.15, 0.2) is 0 Å². The van der Waals surface area contributed by atoms with Crippen molar-refractivity contribution in [3.63, 3.8) is 0 Å². The molecule has 1 fully saturated rings. The summed E-state index contributed by atoms with van der Waals surface area (Å²) in [5, 5.41) is 17.5. The molecule has 128 valence electrons. The van der Waals surface area contributed by atoms with Crippen LogP contribution >= 0.6 is 0 Å². The zero-order chi connectivity index (χ0) is 17.3. The molecule has 2 aromatic rings. The lowest BCUT2D eigenvalue weighted by Gasteiger charge is -2.14. The zero-order valence-electron chi connectivity index (χ0n) is 14.4. The van der Waals surface area contributed by atoms with E-state index in [1.54, 1.807) is 4.68 Å². The molecule has 24 heavy (non-hydrogen) atoms. The summed E-state index contributed by atoms with van der Waals surface area (Å²) in [6.07, 6.45) is 0.596. The number of anilines is 1. The molecule has 0 saturated heterocycles. The Bertz CT molecular complexity index is 709. The van der Waals surface area contributed by atoms with Crippen molar-refractivity contribution >= 4 is 11.7 Å². The summed E-state index contributed by atoms with van der Waals surface area (Å²) in [4.78, 5) is 12.3. The van der Waals surface area contributed by atoms with Crippen molar-refractivity contribution in [2.45, 2.75) is 45.6 Å². The minimum absolute atomic E-state index is 0.0534. The van der Waals surface area contributed by atoms with Gasteiger partial charge in [0.05, 0.1) is 23.9 Å². The van der Waals surface area contributed by atoms with Gasteiger partial charge in [-0.15, -0.1) is 0 Å². The largest absolute Gasteiger partial charge is 0.392 e. The number of aromatic nitrogens is 2. The van der Waals surface area contributed by atoms with Gasteiger partial charge in [-0.3, -0.25) is 4.79 Å². The number of carbonyl (C=O) groups excluding carboxylic acids is 1. The van der Waals surface area contributed by atoms with Gasteiger partial charge < -0.3 is 10.4 Å². The monoisotopic (exact) mass is 327 g/mol. The van der Waals surface area contributed by atoms with Crippen LogP contribution < -0.4 is 5.32 Å².